The Hall–Kier alpha value is -3.04. The molecule has 0 saturated carbocycles. The van der Waals surface area contributed by atoms with Crippen molar-refractivity contribution in [1.82, 2.24) is 5.16 Å². The Morgan fingerprint density at radius 2 is 2.14 bits per heavy atom. The van der Waals surface area contributed by atoms with Gasteiger partial charge in [-0.1, -0.05) is 22.8 Å². The van der Waals surface area contributed by atoms with Crippen LogP contribution in [0.3, 0.4) is 0 Å². The highest BCUT2D eigenvalue weighted by atomic mass is 35.5. The van der Waals surface area contributed by atoms with Gasteiger partial charge in [0.1, 0.15) is 12.3 Å². The monoisotopic (exact) mass is 422 g/mol. The molecule has 10 heteroatoms. The number of carbonyl (C=O) groups is 2. The molecular formula is C18H15ClN2O6S. The standard InChI is InChI=1S/C18H15ClN2O6S/c1-24-14-6-10(5-12(19)17(14)25-9-16(20)22)18(23)26-8-11-7-13(27-21-11)15-3-2-4-28-15/h2-7H,8-9H2,1H3,(H2,20,22). The zero-order valence-corrected chi connectivity index (χ0v) is 16.2. The Morgan fingerprint density at radius 3 is 2.82 bits per heavy atom. The summed E-state index contributed by atoms with van der Waals surface area (Å²) in [5, 5.41) is 5.88. The Balaban J connectivity index is 1.68. The molecule has 0 unspecified atom stereocenters. The summed E-state index contributed by atoms with van der Waals surface area (Å²) in [7, 11) is 1.37. The van der Waals surface area contributed by atoms with E-state index in [1.807, 2.05) is 17.5 Å². The van der Waals surface area contributed by atoms with Gasteiger partial charge in [-0.2, -0.15) is 0 Å². The van der Waals surface area contributed by atoms with Gasteiger partial charge < -0.3 is 24.5 Å². The topological polar surface area (TPSA) is 114 Å². The van der Waals surface area contributed by atoms with E-state index in [1.165, 1.54) is 30.6 Å². The number of hydrogen-bond donors (Lipinski definition) is 1. The minimum absolute atomic E-state index is 0.0758. The quantitative estimate of drug-likeness (QED) is 0.554. The van der Waals surface area contributed by atoms with Crippen LogP contribution in [0.15, 0.2) is 40.2 Å². The molecule has 0 saturated heterocycles. The van der Waals surface area contributed by atoms with Crippen LogP contribution in [0.4, 0.5) is 0 Å². The molecule has 28 heavy (non-hydrogen) atoms. The maximum atomic E-state index is 12.3. The molecule has 0 radical (unpaired) electrons. The first-order valence-corrected chi connectivity index (χ1v) is 9.19. The van der Waals surface area contributed by atoms with Crippen molar-refractivity contribution in [3.63, 3.8) is 0 Å². The summed E-state index contributed by atoms with van der Waals surface area (Å²) in [5.74, 6) is -0.432. The van der Waals surface area contributed by atoms with Gasteiger partial charge in [0.05, 0.1) is 22.6 Å². The fourth-order valence-corrected chi connectivity index (χ4v) is 3.20. The number of hydrogen-bond acceptors (Lipinski definition) is 8. The molecule has 0 fully saturated rings. The summed E-state index contributed by atoms with van der Waals surface area (Å²) in [5.41, 5.74) is 5.67. The van der Waals surface area contributed by atoms with Gasteiger partial charge >= 0.3 is 5.97 Å². The minimum Gasteiger partial charge on any atom is -0.493 e. The van der Waals surface area contributed by atoms with E-state index in [2.05, 4.69) is 5.16 Å². The molecule has 0 bridgehead atoms. The first kappa shape index (κ1) is 19.7. The second-order valence-corrected chi connectivity index (χ2v) is 6.84. The molecule has 2 heterocycles. The van der Waals surface area contributed by atoms with Gasteiger partial charge in [0.15, 0.2) is 23.9 Å². The summed E-state index contributed by atoms with van der Waals surface area (Å²) in [6.07, 6.45) is 0. The van der Waals surface area contributed by atoms with Crippen molar-refractivity contribution in [3.8, 4) is 22.1 Å². The van der Waals surface area contributed by atoms with Crippen molar-refractivity contribution in [2.75, 3.05) is 13.7 Å². The summed E-state index contributed by atoms with van der Waals surface area (Å²) < 4.78 is 20.9. The average molecular weight is 423 g/mol. The molecule has 3 rings (SSSR count). The smallest absolute Gasteiger partial charge is 0.338 e. The SMILES string of the molecule is COc1cc(C(=O)OCc2cc(-c3cccs3)on2)cc(Cl)c1OCC(N)=O. The van der Waals surface area contributed by atoms with Crippen molar-refractivity contribution in [3.05, 3.63) is 52.0 Å². The molecule has 8 nitrogen and oxygen atoms in total. The highest BCUT2D eigenvalue weighted by molar-refractivity contribution is 7.13. The van der Waals surface area contributed by atoms with Crippen molar-refractivity contribution in [2.24, 2.45) is 5.73 Å². The number of methoxy groups -OCH3 is 1. The molecule has 2 aromatic heterocycles. The van der Waals surface area contributed by atoms with E-state index >= 15 is 0 Å². The summed E-state index contributed by atoms with van der Waals surface area (Å²) in [6.45, 7) is -0.452. The third kappa shape index (κ3) is 4.62. The lowest BCUT2D eigenvalue weighted by Gasteiger charge is -2.13. The highest BCUT2D eigenvalue weighted by Gasteiger charge is 2.18. The number of amides is 1. The van der Waals surface area contributed by atoms with Crippen LogP contribution in [0.2, 0.25) is 5.02 Å². The largest absolute Gasteiger partial charge is 0.493 e. The lowest BCUT2D eigenvalue weighted by molar-refractivity contribution is -0.119. The molecule has 0 aliphatic carbocycles. The zero-order valence-electron chi connectivity index (χ0n) is 14.6. The predicted octanol–water partition coefficient (Wildman–Crippen LogP) is 3.29. The van der Waals surface area contributed by atoms with E-state index in [9.17, 15) is 9.59 Å². The number of carbonyl (C=O) groups excluding carboxylic acids is 2. The second-order valence-electron chi connectivity index (χ2n) is 5.48. The van der Waals surface area contributed by atoms with Crippen molar-refractivity contribution in [2.45, 2.75) is 6.61 Å². The normalized spacial score (nSPS) is 10.5. The second kappa shape index (κ2) is 8.77. The number of ether oxygens (including phenoxy) is 3. The van der Waals surface area contributed by atoms with E-state index in [0.717, 1.165) is 4.88 Å². The fraction of sp³-hybridized carbons (Fsp3) is 0.167. The first-order valence-electron chi connectivity index (χ1n) is 7.93. The number of nitrogens with two attached hydrogens (primary N) is 1. The average Bonchev–Trinajstić information content (AvgIpc) is 3.35. The fourth-order valence-electron chi connectivity index (χ4n) is 2.26. The first-order chi connectivity index (χ1) is 13.5. The van der Waals surface area contributed by atoms with Crippen molar-refractivity contribution >= 4 is 34.8 Å². The van der Waals surface area contributed by atoms with Crippen LogP contribution in [0.5, 0.6) is 11.5 Å². The third-order valence-corrected chi connectivity index (χ3v) is 4.66. The molecule has 0 aliphatic rings. The third-order valence-electron chi connectivity index (χ3n) is 3.50. The Kier molecular flexibility index (Phi) is 6.17. The van der Waals surface area contributed by atoms with Crippen LogP contribution in [0.25, 0.3) is 10.6 Å². The zero-order chi connectivity index (χ0) is 20.1. The van der Waals surface area contributed by atoms with Gasteiger partial charge in [0.2, 0.25) is 0 Å². The summed E-state index contributed by atoms with van der Waals surface area (Å²) >= 11 is 7.64. The molecule has 146 valence electrons. The molecule has 0 aliphatic heterocycles. The number of thiophene rings is 1. The number of nitrogens with zero attached hydrogens (tertiary/aromatic N) is 1. The van der Waals surface area contributed by atoms with Gasteiger partial charge in [-0.15, -0.1) is 11.3 Å². The van der Waals surface area contributed by atoms with E-state index < -0.39 is 11.9 Å². The number of aromatic nitrogens is 1. The molecule has 2 N–H and O–H groups in total. The van der Waals surface area contributed by atoms with E-state index in [4.69, 9.17) is 36.1 Å². The molecule has 1 amide bonds. The number of esters is 1. The summed E-state index contributed by atoms with van der Waals surface area (Å²) in [4.78, 5) is 24.1. The van der Waals surface area contributed by atoms with E-state index in [-0.39, 0.29) is 35.3 Å². The number of halogens is 1. The van der Waals surface area contributed by atoms with Crippen molar-refractivity contribution < 1.29 is 28.3 Å². The molecule has 0 spiro atoms. The van der Waals surface area contributed by atoms with Gasteiger partial charge in [0, 0.05) is 6.07 Å². The highest BCUT2D eigenvalue weighted by Crippen LogP contribution is 2.36. The maximum Gasteiger partial charge on any atom is 0.338 e. The Morgan fingerprint density at radius 1 is 1.32 bits per heavy atom. The number of primary amides is 1. The number of rotatable bonds is 8. The van der Waals surface area contributed by atoms with Crippen LogP contribution in [-0.4, -0.2) is 30.7 Å². The van der Waals surface area contributed by atoms with Gasteiger partial charge in [-0.05, 0) is 23.6 Å². The lowest BCUT2D eigenvalue weighted by atomic mass is 10.2. The number of benzene rings is 1. The van der Waals surface area contributed by atoms with Gasteiger partial charge in [-0.3, -0.25) is 4.79 Å². The van der Waals surface area contributed by atoms with Gasteiger partial charge in [0.25, 0.3) is 5.91 Å². The minimum atomic E-state index is -0.670. The van der Waals surface area contributed by atoms with E-state index in [0.29, 0.717) is 11.5 Å². The lowest BCUT2D eigenvalue weighted by Crippen LogP contribution is -2.20. The molecule has 0 atom stereocenters. The van der Waals surface area contributed by atoms with Crippen LogP contribution in [0, 0.1) is 0 Å². The Bertz CT molecular complexity index is 986. The van der Waals surface area contributed by atoms with Crippen LogP contribution in [-0.2, 0) is 16.1 Å². The molecular weight excluding hydrogens is 408 g/mol. The maximum absolute atomic E-state index is 12.3. The molecule has 1 aromatic carbocycles. The van der Waals surface area contributed by atoms with Crippen molar-refractivity contribution in [1.29, 1.82) is 0 Å². The predicted molar refractivity (Wildman–Crippen MR) is 102 cm³/mol. The summed E-state index contributed by atoms with van der Waals surface area (Å²) in [6, 6.07) is 8.24. The van der Waals surface area contributed by atoms with Crippen LogP contribution < -0.4 is 15.2 Å². The Labute approximate surface area is 168 Å². The van der Waals surface area contributed by atoms with Crippen LogP contribution in [0.1, 0.15) is 16.1 Å². The molecule has 3 aromatic rings. The van der Waals surface area contributed by atoms with Crippen LogP contribution >= 0.6 is 22.9 Å². The van der Waals surface area contributed by atoms with E-state index in [1.54, 1.807) is 6.07 Å². The van der Waals surface area contributed by atoms with Gasteiger partial charge in [-0.25, -0.2) is 4.79 Å².